The molecule has 13 heavy (non-hydrogen) atoms. The molecule has 0 nitrogen and oxygen atoms in total. The number of halogens is 1. The van der Waals surface area contributed by atoms with E-state index in [2.05, 4.69) is 12.6 Å². The zero-order valence-electron chi connectivity index (χ0n) is 7.17. The van der Waals surface area contributed by atoms with Crippen molar-refractivity contribution in [3.63, 3.8) is 0 Å². The monoisotopic (exact) mass is 212 g/mol. The molecule has 0 aliphatic carbocycles. The Labute approximate surface area is 85.8 Å². The van der Waals surface area contributed by atoms with Crippen LogP contribution < -0.4 is 0 Å². The summed E-state index contributed by atoms with van der Waals surface area (Å²) in [4.78, 5) is 0.736. The van der Waals surface area contributed by atoms with Crippen molar-refractivity contribution in [2.24, 2.45) is 0 Å². The Balaban J connectivity index is 2.88. The second-order valence-electron chi connectivity index (χ2n) is 2.87. The molecule has 0 bridgehead atoms. The van der Waals surface area contributed by atoms with Gasteiger partial charge < -0.3 is 0 Å². The molecule has 0 aliphatic heterocycles. The van der Waals surface area contributed by atoms with Gasteiger partial charge in [-0.1, -0.05) is 6.92 Å². The summed E-state index contributed by atoms with van der Waals surface area (Å²) in [6.07, 6.45) is 0.729. The molecule has 2 aromatic rings. The van der Waals surface area contributed by atoms with Crippen LogP contribution in [0.3, 0.4) is 0 Å². The van der Waals surface area contributed by atoms with Crippen LogP contribution in [0.15, 0.2) is 22.4 Å². The first-order valence-electron chi connectivity index (χ1n) is 4.11. The van der Waals surface area contributed by atoms with Crippen molar-refractivity contribution in [1.29, 1.82) is 0 Å². The number of rotatable bonds is 1. The number of thiophene rings is 1. The summed E-state index contributed by atoms with van der Waals surface area (Å²) in [6, 6.07) is 3.46. The highest BCUT2D eigenvalue weighted by Gasteiger charge is 2.09. The van der Waals surface area contributed by atoms with E-state index in [9.17, 15) is 4.39 Å². The van der Waals surface area contributed by atoms with E-state index in [0.29, 0.717) is 0 Å². The van der Waals surface area contributed by atoms with Crippen molar-refractivity contribution in [2.75, 3.05) is 0 Å². The lowest BCUT2D eigenvalue weighted by molar-refractivity contribution is 0.612. The van der Waals surface area contributed by atoms with Gasteiger partial charge in [-0.3, -0.25) is 0 Å². The largest absolute Gasteiger partial charge is 0.207 e. The fourth-order valence-electron chi connectivity index (χ4n) is 1.51. The Morgan fingerprint density at radius 2 is 2.31 bits per heavy atom. The van der Waals surface area contributed by atoms with Gasteiger partial charge in [0.2, 0.25) is 0 Å². The highest BCUT2D eigenvalue weighted by atomic mass is 32.1. The molecular formula is C10H9FS2. The minimum absolute atomic E-state index is 0.140. The van der Waals surface area contributed by atoms with Crippen LogP contribution in [0.25, 0.3) is 10.1 Å². The highest BCUT2D eigenvalue weighted by Crippen LogP contribution is 2.32. The van der Waals surface area contributed by atoms with Crippen LogP contribution in [-0.2, 0) is 6.42 Å². The molecule has 0 saturated heterocycles. The maximum atomic E-state index is 13.4. The van der Waals surface area contributed by atoms with Gasteiger partial charge in [-0.2, -0.15) is 0 Å². The Bertz CT molecular complexity index is 445. The lowest BCUT2D eigenvalue weighted by Gasteiger charge is -2.03. The maximum Gasteiger partial charge on any atom is 0.128 e. The van der Waals surface area contributed by atoms with Gasteiger partial charge in [-0.05, 0) is 34.9 Å². The average Bonchev–Trinajstić information content (AvgIpc) is 2.53. The lowest BCUT2D eigenvalue weighted by atomic mass is 10.1. The fourth-order valence-corrected chi connectivity index (χ4v) is 2.74. The molecule has 3 heteroatoms. The van der Waals surface area contributed by atoms with E-state index in [1.165, 1.54) is 6.07 Å². The summed E-state index contributed by atoms with van der Waals surface area (Å²) in [7, 11) is 0. The minimum atomic E-state index is -0.140. The molecule has 1 heterocycles. The van der Waals surface area contributed by atoms with Gasteiger partial charge >= 0.3 is 0 Å². The molecule has 0 radical (unpaired) electrons. The van der Waals surface area contributed by atoms with Gasteiger partial charge in [0.25, 0.3) is 0 Å². The number of benzene rings is 1. The van der Waals surface area contributed by atoms with Crippen LogP contribution >= 0.6 is 24.0 Å². The van der Waals surface area contributed by atoms with Gasteiger partial charge in [-0.25, -0.2) is 4.39 Å². The van der Waals surface area contributed by atoms with E-state index in [1.54, 1.807) is 11.3 Å². The summed E-state index contributed by atoms with van der Waals surface area (Å²) < 4.78 is 14.5. The van der Waals surface area contributed by atoms with Gasteiger partial charge in [0, 0.05) is 9.60 Å². The molecule has 0 unspecified atom stereocenters. The molecule has 68 valence electrons. The van der Waals surface area contributed by atoms with Crippen molar-refractivity contribution < 1.29 is 4.39 Å². The van der Waals surface area contributed by atoms with Gasteiger partial charge in [0.15, 0.2) is 0 Å². The Hall–Kier alpha value is -0.540. The number of thiol groups is 1. The van der Waals surface area contributed by atoms with Crippen molar-refractivity contribution >= 4 is 34.1 Å². The Morgan fingerprint density at radius 3 is 3.00 bits per heavy atom. The first-order chi connectivity index (χ1) is 6.24. The predicted molar refractivity (Wildman–Crippen MR) is 58.4 cm³/mol. The van der Waals surface area contributed by atoms with Crippen LogP contribution in [0.4, 0.5) is 4.39 Å². The number of hydrogen-bond acceptors (Lipinski definition) is 2. The molecular weight excluding hydrogens is 203 g/mol. The van der Waals surface area contributed by atoms with Gasteiger partial charge in [0.1, 0.15) is 5.82 Å². The quantitative estimate of drug-likeness (QED) is 0.681. The van der Waals surface area contributed by atoms with Gasteiger partial charge in [0.05, 0.1) is 0 Å². The molecule has 0 spiro atoms. The third-order valence-electron chi connectivity index (χ3n) is 2.13. The fraction of sp³-hybridized carbons (Fsp3) is 0.200. The van der Waals surface area contributed by atoms with Crippen LogP contribution in [0, 0.1) is 5.82 Å². The van der Waals surface area contributed by atoms with Crippen LogP contribution in [0.5, 0.6) is 0 Å². The normalized spacial score (nSPS) is 11.0. The number of hydrogen-bond donors (Lipinski definition) is 1. The molecule has 2 rings (SSSR count). The summed E-state index contributed by atoms with van der Waals surface area (Å²) >= 11 is 5.85. The lowest BCUT2D eigenvalue weighted by Crippen LogP contribution is -1.88. The molecule has 0 fully saturated rings. The topological polar surface area (TPSA) is 0 Å². The van der Waals surface area contributed by atoms with Crippen molar-refractivity contribution in [3.05, 3.63) is 28.9 Å². The van der Waals surface area contributed by atoms with E-state index in [-0.39, 0.29) is 5.82 Å². The van der Waals surface area contributed by atoms with Crippen LogP contribution in [0.1, 0.15) is 12.5 Å². The SMILES string of the molecule is CCc1c(F)cc(S)c2sccc12. The summed E-state index contributed by atoms with van der Waals surface area (Å²) in [5.41, 5.74) is 0.800. The summed E-state index contributed by atoms with van der Waals surface area (Å²) in [6.45, 7) is 1.97. The second kappa shape index (κ2) is 3.31. The van der Waals surface area contributed by atoms with Crippen molar-refractivity contribution in [2.45, 2.75) is 18.2 Å². The average molecular weight is 212 g/mol. The van der Waals surface area contributed by atoms with E-state index in [1.807, 2.05) is 18.4 Å². The molecule has 0 aliphatic rings. The molecule has 0 amide bonds. The number of fused-ring (bicyclic) bond motifs is 1. The van der Waals surface area contributed by atoms with Crippen molar-refractivity contribution in [3.8, 4) is 0 Å². The smallest absolute Gasteiger partial charge is 0.128 e. The maximum absolute atomic E-state index is 13.4. The van der Waals surface area contributed by atoms with E-state index in [4.69, 9.17) is 0 Å². The van der Waals surface area contributed by atoms with Crippen LogP contribution in [-0.4, -0.2) is 0 Å². The summed E-state index contributed by atoms with van der Waals surface area (Å²) in [5.74, 6) is -0.140. The molecule has 0 N–H and O–H groups in total. The molecule has 0 saturated carbocycles. The van der Waals surface area contributed by atoms with Gasteiger partial charge in [-0.15, -0.1) is 24.0 Å². The van der Waals surface area contributed by atoms with Crippen LogP contribution in [0.2, 0.25) is 0 Å². The van der Waals surface area contributed by atoms with Crippen molar-refractivity contribution in [1.82, 2.24) is 0 Å². The molecule has 0 atom stereocenters. The molecule has 1 aromatic carbocycles. The Morgan fingerprint density at radius 1 is 1.54 bits per heavy atom. The zero-order valence-corrected chi connectivity index (χ0v) is 8.88. The third-order valence-corrected chi connectivity index (χ3v) is 3.58. The first-order valence-corrected chi connectivity index (χ1v) is 5.44. The van der Waals surface area contributed by atoms with E-state index >= 15 is 0 Å². The van der Waals surface area contributed by atoms with E-state index in [0.717, 1.165) is 27.0 Å². The third kappa shape index (κ3) is 1.36. The zero-order chi connectivity index (χ0) is 9.42. The first kappa shape index (κ1) is 9.03. The number of aryl methyl sites for hydroxylation is 1. The second-order valence-corrected chi connectivity index (χ2v) is 4.27. The Kier molecular flexibility index (Phi) is 2.30. The minimum Gasteiger partial charge on any atom is -0.207 e. The standard InChI is InChI=1S/C10H9FS2/c1-2-6-7-3-4-13-10(7)9(12)5-8(6)11/h3-5,12H,2H2,1H3. The predicted octanol–water partition coefficient (Wildman–Crippen LogP) is 3.89. The summed E-state index contributed by atoms with van der Waals surface area (Å²) in [5, 5.41) is 2.99. The van der Waals surface area contributed by atoms with E-state index < -0.39 is 0 Å². The highest BCUT2D eigenvalue weighted by molar-refractivity contribution is 7.80. The molecule has 1 aromatic heterocycles.